The summed E-state index contributed by atoms with van der Waals surface area (Å²) >= 11 is 0. The number of hydrogen-bond acceptors (Lipinski definition) is 3. The Morgan fingerprint density at radius 3 is 2.67 bits per heavy atom. The summed E-state index contributed by atoms with van der Waals surface area (Å²) in [6, 6.07) is 7.98. The molecular weight excluding hydrogens is 300 g/mol. The second-order valence-electron chi connectivity index (χ2n) is 7.46. The summed E-state index contributed by atoms with van der Waals surface area (Å²) in [5.74, 6) is 0.171. The van der Waals surface area contributed by atoms with Crippen molar-refractivity contribution in [2.45, 2.75) is 18.4 Å². The predicted molar refractivity (Wildman–Crippen MR) is 96.3 cm³/mol. The van der Waals surface area contributed by atoms with Crippen LogP contribution < -0.4 is 0 Å². The number of hydrogen-bond donors (Lipinski definition) is 1. The van der Waals surface area contributed by atoms with Gasteiger partial charge in [-0.05, 0) is 64.3 Å². The van der Waals surface area contributed by atoms with Crippen LogP contribution in [0, 0.1) is 0 Å². The quantitative estimate of drug-likeness (QED) is 0.872. The van der Waals surface area contributed by atoms with Gasteiger partial charge in [0.1, 0.15) is 0 Å². The molecule has 2 fully saturated rings. The lowest BCUT2D eigenvalue weighted by molar-refractivity contribution is -0.0170. The van der Waals surface area contributed by atoms with Gasteiger partial charge in [0.2, 0.25) is 0 Å². The maximum absolute atomic E-state index is 13.0. The first kappa shape index (κ1) is 15.7. The van der Waals surface area contributed by atoms with Gasteiger partial charge in [-0.2, -0.15) is 0 Å². The molecule has 0 aliphatic carbocycles. The third-order valence-electron chi connectivity index (χ3n) is 6.01. The van der Waals surface area contributed by atoms with E-state index >= 15 is 0 Å². The molecule has 0 atom stereocenters. The van der Waals surface area contributed by atoms with E-state index in [1.807, 2.05) is 30.5 Å². The lowest BCUT2D eigenvalue weighted by Gasteiger charge is -2.52. The molecule has 2 aliphatic heterocycles. The van der Waals surface area contributed by atoms with E-state index in [9.17, 15) is 4.79 Å². The van der Waals surface area contributed by atoms with Crippen LogP contribution in [-0.2, 0) is 0 Å². The van der Waals surface area contributed by atoms with Crippen molar-refractivity contribution in [2.24, 2.45) is 0 Å². The van der Waals surface area contributed by atoms with Crippen molar-refractivity contribution < 1.29 is 4.79 Å². The van der Waals surface area contributed by atoms with Crippen molar-refractivity contribution in [1.29, 1.82) is 0 Å². The minimum Gasteiger partial charge on any atom is -0.361 e. The number of rotatable bonds is 1. The largest absolute Gasteiger partial charge is 0.361 e. The summed E-state index contributed by atoms with van der Waals surface area (Å²) in [6.07, 6.45) is 4.20. The second kappa shape index (κ2) is 5.90. The average molecular weight is 326 g/mol. The Balaban J connectivity index is 1.56. The summed E-state index contributed by atoms with van der Waals surface area (Å²) in [4.78, 5) is 23.2. The molecule has 2 saturated heterocycles. The Labute approximate surface area is 143 Å². The van der Waals surface area contributed by atoms with Crippen LogP contribution in [0.15, 0.2) is 30.5 Å². The molecule has 1 amide bonds. The number of amides is 1. The van der Waals surface area contributed by atoms with E-state index in [-0.39, 0.29) is 11.4 Å². The molecular formula is C19H26N4O. The van der Waals surface area contributed by atoms with Crippen molar-refractivity contribution in [1.82, 2.24) is 19.7 Å². The maximum atomic E-state index is 13.0. The molecule has 1 aromatic carbocycles. The number of nitrogens with one attached hydrogen (secondary N) is 1. The standard InChI is InChI=1S/C19H26N4O/c1-21-9-6-19(7-10-21)14-23(12-11-22(19)2)18(24)16-3-4-17-15(13-16)5-8-20-17/h3-5,8,13,20H,6-7,9-12,14H2,1-2H3. The predicted octanol–water partition coefficient (Wildman–Crippen LogP) is 2.02. The normalized spacial score (nSPS) is 22.3. The first-order chi connectivity index (χ1) is 11.6. The van der Waals surface area contributed by atoms with E-state index in [0.717, 1.165) is 62.0 Å². The first-order valence-electron chi connectivity index (χ1n) is 8.84. The van der Waals surface area contributed by atoms with E-state index < -0.39 is 0 Å². The van der Waals surface area contributed by atoms with Crippen LogP contribution in [0.3, 0.4) is 0 Å². The van der Waals surface area contributed by atoms with Gasteiger partial charge in [0.25, 0.3) is 5.91 Å². The summed E-state index contributed by atoms with van der Waals surface area (Å²) < 4.78 is 0. The van der Waals surface area contributed by atoms with Crippen molar-refractivity contribution in [3.63, 3.8) is 0 Å². The van der Waals surface area contributed by atoms with E-state index in [2.05, 4.69) is 33.8 Å². The molecule has 3 heterocycles. The van der Waals surface area contributed by atoms with Crippen molar-refractivity contribution in [3.05, 3.63) is 36.0 Å². The number of fused-ring (bicyclic) bond motifs is 1. The number of nitrogens with zero attached hydrogens (tertiary/aromatic N) is 3. The fourth-order valence-corrected chi connectivity index (χ4v) is 4.18. The Bertz CT molecular complexity index is 745. The van der Waals surface area contributed by atoms with Crippen molar-refractivity contribution in [3.8, 4) is 0 Å². The smallest absolute Gasteiger partial charge is 0.253 e. The zero-order valence-corrected chi connectivity index (χ0v) is 14.6. The zero-order chi connectivity index (χ0) is 16.7. The molecule has 4 rings (SSSR count). The average Bonchev–Trinajstić information content (AvgIpc) is 3.07. The zero-order valence-electron chi connectivity index (χ0n) is 14.6. The highest BCUT2D eigenvalue weighted by atomic mass is 16.2. The van der Waals surface area contributed by atoms with Gasteiger partial charge < -0.3 is 14.8 Å². The van der Waals surface area contributed by atoms with Gasteiger partial charge in [-0.1, -0.05) is 0 Å². The highest BCUT2D eigenvalue weighted by molar-refractivity contribution is 5.98. The van der Waals surface area contributed by atoms with Crippen LogP contribution in [0.5, 0.6) is 0 Å². The number of piperazine rings is 1. The van der Waals surface area contributed by atoms with Crippen molar-refractivity contribution >= 4 is 16.8 Å². The number of H-pyrrole nitrogens is 1. The fraction of sp³-hybridized carbons (Fsp3) is 0.526. The number of likely N-dealkylation sites (tertiary alicyclic amines) is 1. The highest BCUT2D eigenvalue weighted by Crippen LogP contribution is 2.32. The van der Waals surface area contributed by atoms with Crippen molar-refractivity contribution in [2.75, 3.05) is 46.8 Å². The second-order valence-corrected chi connectivity index (χ2v) is 7.46. The molecule has 128 valence electrons. The molecule has 0 bridgehead atoms. The number of aromatic nitrogens is 1. The monoisotopic (exact) mass is 326 g/mol. The van der Waals surface area contributed by atoms with E-state index in [0.29, 0.717) is 0 Å². The molecule has 24 heavy (non-hydrogen) atoms. The summed E-state index contributed by atoms with van der Waals surface area (Å²) in [7, 11) is 4.41. The molecule has 1 spiro atoms. The Morgan fingerprint density at radius 1 is 1.08 bits per heavy atom. The topological polar surface area (TPSA) is 42.6 Å². The molecule has 5 heteroatoms. The van der Waals surface area contributed by atoms with Gasteiger partial charge in [0, 0.05) is 47.8 Å². The summed E-state index contributed by atoms with van der Waals surface area (Å²) in [5, 5.41) is 1.10. The minimum absolute atomic E-state index is 0.151. The molecule has 2 aromatic rings. The number of piperidine rings is 1. The molecule has 0 saturated carbocycles. The van der Waals surface area contributed by atoms with E-state index in [1.165, 1.54) is 0 Å². The van der Waals surface area contributed by atoms with Gasteiger partial charge in [-0.25, -0.2) is 0 Å². The van der Waals surface area contributed by atoms with Gasteiger partial charge in [-0.3, -0.25) is 9.69 Å². The van der Waals surface area contributed by atoms with Crippen LogP contribution >= 0.6 is 0 Å². The number of benzene rings is 1. The molecule has 2 aliphatic rings. The van der Waals surface area contributed by atoms with Gasteiger partial charge in [-0.15, -0.1) is 0 Å². The molecule has 0 unspecified atom stereocenters. The lowest BCUT2D eigenvalue weighted by Crippen LogP contribution is -2.64. The van der Waals surface area contributed by atoms with Crippen LogP contribution in [0.2, 0.25) is 0 Å². The third-order valence-corrected chi connectivity index (χ3v) is 6.01. The van der Waals surface area contributed by atoms with Crippen LogP contribution in [0.1, 0.15) is 23.2 Å². The molecule has 1 aromatic heterocycles. The van der Waals surface area contributed by atoms with E-state index in [1.54, 1.807) is 0 Å². The van der Waals surface area contributed by atoms with E-state index in [4.69, 9.17) is 0 Å². The Kier molecular flexibility index (Phi) is 3.85. The maximum Gasteiger partial charge on any atom is 0.253 e. The Morgan fingerprint density at radius 2 is 1.88 bits per heavy atom. The van der Waals surface area contributed by atoms with Crippen LogP contribution in [-0.4, -0.2) is 77.9 Å². The fourth-order valence-electron chi connectivity index (χ4n) is 4.18. The Hall–Kier alpha value is -1.85. The van der Waals surface area contributed by atoms with Gasteiger partial charge in [0.15, 0.2) is 0 Å². The first-order valence-corrected chi connectivity index (χ1v) is 8.84. The van der Waals surface area contributed by atoms with Gasteiger partial charge >= 0.3 is 0 Å². The number of carbonyl (C=O) groups excluding carboxylic acids is 1. The third kappa shape index (κ3) is 2.62. The summed E-state index contributed by atoms with van der Waals surface area (Å²) in [5.41, 5.74) is 2.03. The SMILES string of the molecule is CN1CCC2(CC1)CN(C(=O)c1ccc3[nH]ccc3c1)CCN2C. The lowest BCUT2D eigenvalue weighted by atomic mass is 9.83. The van der Waals surface area contributed by atoms with Crippen LogP contribution in [0.25, 0.3) is 10.9 Å². The minimum atomic E-state index is 0.151. The molecule has 5 nitrogen and oxygen atoms in total. The van der Waals surface area contributed by atoms with Gasteiger partial charge in [0.05, 0.1) is 0 Å². The number of carbonyl (C=O) groups is 1. The number of likely N-dealkylation sites (N-methyl/N-ethyl adjacent to an activating group) is 1. The number of aromatic amines is 1. The summed E-state index contributed by atoms with van der Waals surface area (Å²) in [6.45, 7) is 4.85. The molecule has 1 N–H and O–H groups in total. The molecule has 0 radical (unpaired) electrons. The highest BCUT2D eigenvalue weighted by Gasteiger charge is 2.42. The van der Waals surface area contributed by atoms with Crippen LogP contribution in [0.4, 0.5) is 0 Å².